The van der Waals surface area contributed by atoms with Crippen LogP contribution in [-0.2, 0) is 17.5 Å². The maximum Gasteiger partial charge on any atom is 0.416 e. The van der Waals surface area contributed by atoms with Crippen molar-refractivity contribution in [2.75, 3.05) is 0 Å². The number of urea groups is 1. The Hall–Kier alpha value is -2.05. The standard InChI is InChI=1S/C15H17F3N2O2/c1-9(2)7-12-13(21)20(14(22)19-12)8-10-5-3-4-6-11(10)15(16,17)18/h3-6,9,12H,7-8H2,1-2H3,(H,19,22)/t12-/m1/s1. The average molecular weight is 314 g/mol. The van der Waals surface area contributed by atoms with Crippen LogP contribution in [0.15, 0.2) is 24.3 Å². The van der Waals surface area contributed by atoms with Gasteiger partial charge in [0, 0.05) is 0 Å². The van der Waals surface area contributed by atoms with Crippen molar-refractivity contribution >= 4 is 11.9 Å². The fourth-order valence-corrected chi connectivity index (χ4v) is 2.46. The maximum absolute atomic E-state index is 13.0. The highest BCUT2D eigenvalue weighted by molar-refractivity contribution is 6.04. The molecule has 3 amide bonds. The Morgan fingerprint density at radius 2 is 1.86 bits per heavy atom. The second-order valence-corrected chi connectivity index (χ2v) is 5.71. The first-order chi connectivity index (χ1) is 10.2. The smallest absolute Gasteiger partial charge is 0.326 e. The molecule has 0 spiro atoms. The zero-order chi connectivity index (χ0) is 16.5. The number of carbonyl (C=O) groups is 2. The fraction of sp³-hybridized carbons (Fsp3) is 0.467. The molecule has 1 N–H and O–H groups in total. The van der Waals surface area contributed by atoms with Gasteiger partial charge in [-0.2, -0.15) is 13.2 Å². The third-order valence-electron chi connectivity index (χ3n) is 3.47. The molecule has 0 bridgehead atoms. The van der Waals surface area contributed by atoms with Gasteiger partial charge in [-0.15, -0.1) is 0 Å². The van der Waals surface area contributed by atoms with Crippen molar-refractivity contribution in [3.8, 4) is 0 Å². The minimum absolute atomic E-state index is 0.0938. The van der Waals surface area contributed by atoms with Crippen LogP contribution >= 0.6 is 0 Å². The highest BCUT2D eigenvalue weighted by atomic mass is 19.4. The van der Waals surface area contributed by atoms with Crippen molar-refractivity contribution in [1.82, 2.24) is 10.2 Å². The van der Waals surface area contributed by atoms with Gasteiger partial charge in [0.1, 0.15) is 6.04 Å². The van der Waals surface area contributed by atoms with E-state index in [0.29, 0.717) is 6.42 Å². The minimum Gasteiger partial charge on any atom is -0.326 e. The average Bonchev–Trinajstić information content (AvgIpc) is 2.65. The van der Waals surface area contributed by atoms with Crippen LogP contribution in [0, 0.1) is 5.92 Å². The Balaban J connectivity index is 2.21. The summed E-state index contributed by atoms with van der Waals surface area (Å²) >= 11 is 0. The molecule has 0 radical (unpaired) electrons. The molecule has 4 nitrogen and oxygen atoms in total. The molecule has 0 aromatic heterocycles. The number of benzene rings is 1. The van der Waals surface area contributed by atoms with Crippen LogP contribution in [0.4, 0.5) is 18.0 Å². The van der Waals surface area contributed by atoms with Gasteiger partial charge in [0.05, 0.1) is 12.1 Å². The van der Waals surface area contributed by atoms with Gasteiger partial charge in [-0.25, -0.2) is 4.79 Å². The lowest BCUT2D eigenvalue weighted by atomic mass is 10.0. The number of amides is 3. The summed E-state index contributed by atoms with van der Waals surface area (Å²) in [4.78, 5) is 24.9. The van der Waals surface area contributed by atoms with Gasteiger partial charge >= 0.3 is 12.2 Å². The number of rotatable bonds is 4. The first-order valence-corrected chi connectivity index (χ1v) is 6.97. The number of nitrogens with zero attached hydrogens (tertiary/aromatic N) is 1. The molecule has 0 unspecified atom stereocenters. The molecule has 1 heterocycles. The Morgan fingerprint density at radius 1 is 1.23 bits per heavy atom. The van der Waals surface area contributed by atoms with Crippen molar-refractivity contribution in [2.45, 2.75) is 39.0 Å². The van der Waals surface area contributed by atoms with Crippen molar-refractivity contribution in [1.29, 1.82) is 0 Å². The Morgan fingerprint density at radius 3 is 2.45 bits per heavy atom. The normalized spacial score (nSPS) is 19.0. The van der Waals surface area contributed by atoms with E-state index in [1.165, 1.54) is 18.2 Å². The quantitative estimate of drug-likeness (QED) is 0.868. The van der Waals surface area contributed by atoms with E-state index in [1.807, 2.05) is 13.8 Å². The third kappa shape index (κ3) is 3.40. The summed E-state index contributed by atoms with van der Waals surface area (Å²) < 4.78 is 38.9. The van der Waals surface area contributed by atoms with Gasteiger partial charge in [-0.3, -0.25) is 9.69 Å². The lowest BCUT2D eigenvalue weighted by Crippen LogP contribution is -2.32. The molecule has 1 atom stereocenters. The van der Waals surface area contributed by atoms with Crippen molar-refractivity contribution in [3.63, 3.8) is 0 Å². The third-order valence-corrected chi connectivity index (χ3v) is 3.47. The molecular formula is C15H17F3N2O2. The monoisotopic (exact) mass is 314 g/mol. The van der Waals surface area contributed by atoms with Crippen LogP contribution in [0.3, 0.4) is 0 Å². The second-order valence-electron chi connectivity index (χ2n) is 5.71. The molecule has 22 heavy (non-hydrogen) atoms. The maximum atomic E-state index is 13.0. The van der Waals surface area contributed by atoms with E-state index in [9.17, 15) is 22.8 Å². The topological polar surface area (TPSA) is 49.4 Å². The largest absolute Gasteiger partial charge is 0.416 e. The van der Waals surface area contributed by atoms with Gasteiger partial charge < -0.3 is 5.32 Å². The molecule has 0 saturated carbocycles. The summed E-state index contributed by atoms with van der Waals surface area (Å²) in [6.45, 7) is 3.43. The van der Waals surface area contributed by atoms with Crippen molar-refractivity contribution in [3.05, 3.63) is 35.4 Å². The van der Waals surface area contributed by atoms with Crippen molar-refractivity contribution in [2.24, 2.45) is 5.92 Å². The summed E-state index contributed by atoms with van der Waals surface area (Å²) in [7, 11) is 0. The van der Waals surface area contributed by atoms with E-state index < -0.39 is 29.7 Å². The number of imide groups is 1. The lowest BCUT2D eigenvalue weighted by Gasteiger charge is -2.17. The Labute approximate surface area is 126 Å². The van der Waals surface area contributed by atoms with E-state index in [0.717, 1.165) is 11.0 Å². The summed E-state index contributed by atoms with van der Waals surface area (Å²) in [5.74, 6) is -0.285. The summed E-state index contributed by atoms with van der Waals surface area (Å²) in [6.07, 6.45) is -4.06. The number of halogens is 3. The predicted octanol–water partition coefficient (Wildman–Crippen LogP) is 3.17. The van der Waals surface area contributed by atoms with Gasteiger partial charge in [0.25, 0.3) is 5.91 Å². The number of hydrogen-bond acceptors (Lipinski definition) is 2. The highest BCUT2D eigenvalue weighted by Crippen LogP contribution is 2.32. The minimum atomic E-state index is -4.52. The molecule has 2 rings (SSSR count). The first-order valence-electron chi connectivity index (χ1n) is 6.97. The zero-order valence-electron chi connectivity index (χ0n) is 12.3. The van der Waals surface area contributed by atoms with Crippen LogP contribution < -0.4 is 5.32 Å². The molecule has 120 valence electrons. The Kier molecular flexibility index (Phi) is 4.44. The molecule has 1 fully saturated rings. The molecular weight excluding hydrogens is 297 g/mol. The van der Waals surface area contributed by atoms with Crippen LogP contribution in [0.25, 0.3) is 0 Å². The summed E-state index contributed by atoms with van der Waals surface area (Å²) in [5, 5.41) is 2.52. The summed E-state index contributed by atoms with van der Waals surface area (Å²) in [6, 6.07) is 3.64. The highest BCUT2D eigenvalue weighted by Gasteiger charge is 2.40. The van der Waals surface area contributed by atoms with E-state index in [-0.39, 0.29) is 18.0 Å². The van der Waals surface area contributed by atoms with E-state index in [4.69, 9.17) is 0 Å². The van der Waals surface area contributed by atoms with Crippen LogP contribution in [-0.4, -0.2) is 22.9 Å². The summed E-state index contributed by atoms with van der Waals surface area (Å²) in [5.41, 5.74) is -0.924. The Bertz CT molecular complexity index is 584. The van der Waals surface area contributed by atoms with Gasteiger partial charge in [-0.05, 0) is 24.0 Å². The van der Waals surface area contributed by atoms with Gasteiger partial charge in [0.15, 0.2) is 0 Å². The van der Waals surface area contributed by atoms with Crippen LogP contribution in [0.5, 0.6) is 0 Å². The van der Waals surface area contributed by atoms with E-state index >= 15 is 0 Å². The van der Waals surface area contributed by atoms with Crippen LogP contribution in [0.1, 0.15) is 31.4 Å². The SMILES string of the molecule is CC(C)C[C@H]1NC(=O)N(Cc2ccccc2C(F)(F)F)C1=O. The molecule has 1 aliphatic rings. The molecule has 7 heteroatoms. The van der Waals surface area contributed by atoms with Gasteiger partial charge in [0.2, 0.25) is 0 Å². The van der Waals surface area contributed by atoms with E-state index in [1.54, 1.807) is 0 Å². The number of hydrogen-bond donors (Lipinski definition) is 1. The lowest BCUT2D eigenvalue weighted by molar-refractivity contribution is -0.139. The number of nitrogens with one attached hydrogen (secondary N) is 1. The van der Waals surface area contributed by atoms with Crippen molar-refractivity contribution < 1.29 is 22.8 Å². The first kappa shape index (κ1) is 16.3. The van der Waals surface area contributed by atoms with Gasteiger partial charge in [-0.1, -0.05) is 32.0 Å². The molecule has 0 aliphatic carbocycles. The fourth-order valence-electron chi connectivity index (χ4n) is 2.46. The number of carbonyl (C=O) groups excluding carboxylic acids is 2. The molecule has 1 aromatic carbocycles. The second kappa shape index (κ2) is 5.98. The molecule has 1 saturated heterocycles. The number of alkyl halides is 3. The van der Waals surface area contributed by atoms with Crippen LogP contribution in [0.2, 0.25) is 0 Å². The zero-order valence-corrected chi connectivity index (χ0v) is 12.3. The van der Waals surface area contributed by atoms with E-state index in [2.05, 4.69) is 5.32 Å². The predicted molar refractivity (Wildman–Crippen MR) is 73.8 cm³/mol. The molecule has 1 aliphatic heterocycles. The molecule has 1 aromatic rings.